The highest BCUT2D eigenvalue weighted by Crippen LogP contribution is 2.24. The average Bonchev–Trinajstić information content (AvgIpc) is 2.28. The van der Waals surface area contributed by atoms with Gasteiger partial charge >= 0.3 is 0 Å². The second-order valence-electron chi connectivity index (χ2n) is 3.59. The summed E-state index contributed by atoms with van der Waals surface area (Å²) in [6.07, 6.45) is 3.66. The molecule has 2 rings (SSSR count). The quantitative estimate of drug-likeness (QED) is 0.853. The minimum absolute atomic E-state index is 0.539. The van der Waals surface area contributed by atoms with E-state index in [2.05, 4.69) is 27.0 Å². The van der Waals surface area contributed by atoms with Crippen LogP contribution in [-0.4, -0.2) is 4.98 Å². The van der Waals surface area contributed by atoms with Crippen LogP contribution in [-0.2, 0) is 6.61 Å². The predicted octanol–water partition coefficient (Wildman–Crippen LogP) is 3.73. The summed E-state index contributed by atoms with van der Waals surface area (Å²) in [7, 11) is 0. The van der Waals surface area contributed by atoms with Crippen molar-refractivity contribution in [1.82, 2.24) is 4.98 Å². The van der Waals surface area contributed by atoms with E-state index in [0.717, 1.165) is 21.3 Å². The average molecular weight is 278 g/mol. The van der Waals surface area contributed by atoms with Crippen LogP contribution in [0, 0.1) is 6.92 Å². The highest BCUT2D eigenvalue weighted by atomic mass is 79.9. The van der Waals surface area contributed by atoms with Crippen LogP contribution in [0.25, 0.3) is 0 Å². The van der Waals surface area contributed by atoms with Gasteiger partial charge in [0, 0.05) is 18.0 Å². The summed E-state index contributed by atoms with van der Waals surface area (Å²) in [5.41, 5.74) is 2.23. The molecule has 2 nitrogen and oxygen atoms in total. The number of hydrogen-bond donors (Lipinski definition) is 0. The molecule has 0 aliphatic heterocycles. The number of ether oxygens (including phenoxy) is 1. The molecule has 1 heterocycles. The Kier molecular flexibility index (Phi) is 3.57. The van der Waals surface area contributed by atoms with Crippen molar-refractivity contribution in [3.05, 3.63) is 58.3 Å². The lowest BCUT2D eigenvalue weighted by molar-refractivity contribution is 0.303. The molecule has 0 spiro atoms. The normalized spacial score (nSPS) is 10.1. The lowest BCUT2D eigenvalue weighted by Crippen LogP contribution is -1.97. The van der Waals surface area contributed by atoms with E-state index in [9.17, 15) is 0 Å². The fraction of sp³-hybridized carbons (Fsp3) is 0.154. The molecule has 16 heavy (non-hydrogen) atoms. The number of rotatable bonds is 3. The van der Waals surface area contributed by atoms with E-state index in [1.165, 1.54) is 0 Å². The van der Waals surface area contributed by atoms with Crippen LogP contribution in [0.3, 0.4) is 0 Å². The Morgan fingerprint density at radius 1 is 1.25 bits per heavy atom. The Hall–Kier alpha value is -1.35. The Bertz CT molecular complexity index is 485. The Balaban J connectivity index is 2.05. The lowest BCUT2D eigenvalue weighted by atomic mass is 10.2. The van der Waals surface area contributed by atoms with E-state index in [0.29, 0.717) is 6.61 Å². The zero-order chi connectivity index (χ0) is 11.4. The maximum absolute atomic E-state index is 5.69. The second-order valence-corrected chi connectivity index (χ2v) is 4.44. The molecule has 0 saturated heterocycles. The molecule has 0 aliphatic rings. The predicted molar refractivity (Wildman–Crippen MR) is 67.4 cm³/mol. The SMILES string of the molecule is Cc1cncc(COc2ccccc2Br)c1. The van der Waals surface area contributed by atoms with Crippen LogP contribution in [0.15, 0.2) is 47.2 Å². The minimum atomic E-state index is 0.539. The largest absolute Gasteiger partial charge is 0.488 e. The molecule has 3 heteroatoms. The third-order valence-electron chi connectivity index (χ3n) is 2.16. The minimum Gasteiger partial charge on any atom is -0.488 e. The van der Waals surface area contributed by atoms with E-state index >= 15 is 0 Å². The van der Waals surface area contributed by atoms with Gasteiger partial charge in [0.15, 0.2) is 0 Å². The van der Waals surface area contributed by atoms with Gasteiger partial charge in [-0.3, -0.25) is 4.98 Å². The van der Waals surface area contributed by atoms with Crippen molar-refractivity contribution >= 4 is 15.9 Å². The van der Waals surface area contributed by atoms with Gasteiger partial charge in [0.05, 0.1) is 4.47 Å². The van der Waals surface area contributed by atoms with Gasteiger partial charge in [-0.15, -0.1) is 0 Å². The van der Waals surface area contributed by atoms with Gasteiger partial charge in [0.25, 0.3) is 0 Å². The molecule has 0 aliphatic carbocycles. The van der Waals surface area contributed by atoms with E-state index in [-0.39, 0.29) is 0 Å². The number of halogens is 1. The number of benzene rings is 1. The highest BCUT2D eigenvalue weighted by molar-refractivity contribution is 9.10. The van der Waals surface area contributed by atoms with Crippen LogP contribution >= 0.6 is 15.9 Å². The highest BCUT2D eigenvalue weighted by Gasteiger charge is 2.00. The first kappa shape index (κ1) is 11.1. The molecule has 82 valence electrons. The molecule has 0 atom stereocenters. The standard InChI is InChI=1S/C13H12BrNO/c1-10-6-11(8-15-7-10)9-16-13-5-3-2-4-12(13)14/h2-8H,9H2,1H3. The Morgan fingerprint density at radius 2 is 2.06 bits per heavy atom. The lowest BCUT2D eigenvalue weighted by Gasteiger charge is -2.07. The Morgan fingerprint density at radius 3 is 2.81 bits per heavy atom. The summed E-state index contributed by atoms with van der Waals surface area (Å²) in [5, 5.41) is 0. The second kappa shape index (κ2) is 5.12. The molecule has 0 N–H and O–H groups in total. The maximum atomic E-state index is 5.69. The molecule has 0 saturated carbocycles. The number of aromatic nitrogens is 1. The van der Waals surface area contributed by atoms with Gasteiger partial charge in [-0.2, -0.15) is 0 Å². The number of aryl methyl sites for hydroxylation is 1. The van der Waals surface area contributed by atoms with Crippen LogP contribution in [0.1, 0.15) is 11.1 Å². The first-order chi connectivity index (χ1) is 7.75. The van der Waals surface area contributed by atoms with E-state index < -0.39 is 0 Å². The summed E-state index contributed by atoms with van der Waals surface area (Å²) in [6.45, 7) is 2.56. The third kappa shape index (κ3) is 2.83. The number of hydrogen-bond acceptors (Lipinski definition) is 2. The van der Waals surface area contributed by atoms with Crippen molar-refractivity contribution in [3.8, 4) is 5.75 Å². The zero-order valence-corrected chi connectivity index (χ0v) is 10.6. The van der Waals surface area contributed by atoms with Gasteiger partial charge in [-0.05, 0) is 46.6 Å². The maximum Gasteiger partial charge on any atom is 0.133 e. The molecule has 0 amide bonds. The molecule has 0 bridgehead atoms. The fourth-order valence-electron chi connectivity index (χ4n) is 1.42. The van der Waals surface area contributed by atoms with Crippen molar-refractivity contribution in [2.45, 2.75) is 13.5 Å². The summed E-state index contributed by atoms with van der Waals surface area (Å²) in [6, 6.07) is 9.89. The van der Waals surface area contributed by atoms with E-state index in [1.807, 2.05) is 43.6 Å². The van der Waals surface area contributed by atoms with E-state index in [1.54, 1.807) is 0 Å². The van der Waals surface area contributed by atoms with Crippen molar-refractivity contribution in [3.63, 3.8) is 0 Å². The summed E-state index contributed by atoms with van der Waals surface area (Å²) >= 11 is 3.44. The van der Waals surface area contributed by atoms with Crippen molar-refractivity contribution in [2.24, 2.45) is 0 Å². The molecule has 0 fully saturated rings. The monoisotopic (exact) mass is 277 g/mol. The van der Waals surface area contributed by atoms with Gasteiger partial charge in [0.2, 0.25) is 0 Å². The first-order valence-corrected chi connectivity index (χ1v) is 5.83. The first-order valence-electron chi connectivity index (χ1n) is 5.03. The summed E-state index contributed by atoms with van der Waals surface area (Å²) in [5.74, 6) is 0.851. The van der Waals surface area contributed by atoms with Crippen LogP contribution in [0.2, 0.25) is 0 Å². The van der Waals surface area contributed by atoms with Crippen LogP contribution in [0.4, 0.5) is 0 Å². The van der Waals surface area contributed by atoms with Crippen molar-refractivity contribution < 1.29 is 4.74 Å². The molecule has 1 aromatic heterocycles. The zero-order valence-electron chi connectivity index (χ0n) is 8.98. The van der Waals surface area contributed by atoms with Crippen LogP contribution in [0.5, 0.6) is 5.75 Å². The molecule has 2 aromatic rings. The van der Waals surface area contributed by atoms with Gasteiger partial charge in [-0.1, -0.05) is 12.1 Å². The molecular formula is C13H12BrNO. The topological polar surface area (TPSA) is 22.1 Å². The third-order valence-corrected chi connectivity index (χ3v) is 2.82. The molecule has 0 radical (unpaired) electrons. The molecule has 0 unspecified atom stereocenters. The van der Waals surface area contributed by atoms with Gasteiger partial charge in [-0.25, -0.2) is 0 Å². The van der Waals surface area contributed by atoms with E-state index in [4.69, 9.17) is 4.74 Å². The Labute approximate surface area is 103 Å². The number of pyridine rings is 1. The summed E-state index contributed by atoms with van der Waals surface area (Å²) in [4.78, 5) is 4.13. The van der Waals surface area contributed by atoms with Gasteiger partial charge < -0.3 is 4.74 Å². The summed E-state index contributed by atoms with van der Waals surface area (Å²) < 4.78 is 6.66. The fourth-order valence-corrected chi connectivity index (χ4v) is 1.82. The van der Waals surface area contributed by atoms with Gasteiger partial charge in [0.1, 0.15) is 12.4 Å². The van der Waals surface area contributed by atoms with Crippen molar-refractivity contribution in [1.29, 1.82) is 0 Å². The molecule has 1 aromatic carbocycles. The van der Waals surface area contributed by atoms with Crippen molar-refractivity contribution in [2.75, 3.05) is 0 Å². The smallest absolute Gasteiger partial charge is 0.133 e. The molecular weight excluding hydrogens is 266 g/mol. The number of nitrogens with zero attached hydrogens (tertiary/aromatic N) is 1. The van der Waals surface area contributed by atoms with Crippen LogP contribution < -0.4 is 4.74 Å². The number of para-hydroxylation sites is 1.